The Morgan fingerprint density at radius 2 is 1.18 bits per heavy atom. The zero-order valence-corrected chi connectivity index (χ0v) is 16.8. The van der Waals surface area contributed by atoms with Crippen LogP contribution < -0.4 is 15.3 Å². The lowest BCUT2D eigenvalue weighted by Gasteiger charge is -2.34. The number of hydrogen-bond acceptors (Lipinski definition) is 2. The highest BCUT2D eigenvalue weighted by molar-refractivity contribution is 8.00. The van der Waals surface area contributed by atoms with Crippen molar-refractivity contribution in [3.8, 4) is 0 Å². The lowest BCUT2D eigenvalue weighted by atomic mass is 10.2. The SMILES string of the molecule is O=P1(c2ccccc2)c2ccccc2Sc2ccccc2N1c1ccccc1. The third-order valence-corrected chi connectivity index (χ3v) is 9.24. The Bertz CT molecular complexity index is 1180. The smallest absolute Gasteiger partial charge is 0.235 e. The lowest BCUT2D eigenvalue weighted by molar-refractivity contribution is 0.586. The standard InChI is InChI=1S/C24H18NOPS/c26-27(20-13-5-2-6-14-20)22-16-8-10-18-24(22)28-23-17-9-7-15-21(23)25(27)19-11-3-1-4-12-19/h1-18H. The molecule has 0 saturated heterocycles. The van der Waals surface area contributed by atoms with Crippen molar-refractivity contribution in [2.45, 2.75) is 9.79 Å². The summed E-state index contributed by atoms with van der Waals surface area (Å²) in [5.74, 6) is 0. The van der Waals surface area contributed by atoms with Crippen LogP contribution in [0.15, 0.2) is 119 Å². The first-order chi connectivity index (χ1) is 13.8. The normalized spacial score (nSPS) is 18.1. The van der Waals surface area contributed by atoms with Crippen LogP contribution in [0.25, 0.3) is 0 Å². The van der Waals surface area contributed by atoms with Gasteiger partial charge in [0.25, 0.3) is 0 Å². The largest absolute Gasteiger partial charge is 0.289 e. The zero-order valence-electron chi connectivity index (χ0n) is 15.1. The third kappa shape index (κ3) is 2.71. The van der Waals surface area contributed by atoms with Crippen LogP contribution in [0.4, 0.5) is 11.4 Å². The summed E-state index contributed by atoms with van der Waals surface area (Å²) >= 11 is 1.68. The van der Waals surface area contributed by atoms with Gasteiger partial charge in [0.2, 0.25) is 7.29 Å². The van der Waals surface area contributed by atoms with Gasteiger partial charge in [-0.05, 0) is 48.5 Å². The summed E-state index contributed by atoms with van der Waals surface area (Å²) in [5.41, 5.74) is 1.90. The molecule has 0 bridgehead atoms. The van der Waals surface area contributed by atoms with E-state index in [0.29, 0.717) is 0 Å². The fourth-order valence-electron chi connectivity index (χ4n) is 3.65. The summed E-state index contributed by atoms with van der Waals surface area (Å²) in [6.07, 6.45) is 0. The molecule has 1 atom stereocenters. The summed E-state index contributed by atoms with van der Waals surface area (Å²) < 4.78 is 17.1. The van der Waals surface area contributed by atoms with Gasteiger partial charge in [-0.2, -0.15) is 0 Å². The monoisotopic (exact) mass is 399 g/mol. The Hall–Kier alpha value is -2.74. The van der Waals surface area contributed by atoms with E-state index in [9.17, 15) is 0 Å². The fraction of sp³-hybridized carbons (Fsp3) is 0. The van der Waals surface area contributed by atoms with Gasteiger partial charge in [0.05, 0.1) is 5.69 Å². The van der Waals surface area contributed by atoms with Crippen LogP contribution in [0, 0.1) is 0 Å². The maximum atomic E-state index is 15.1. The van der Waals surface area contributed by atoms with Gasteiger partial charge in [0.1, 0.15) is 0 Å². The van der Waals surface area contributed by atoms with Gasteiger partial charge in [-0.3, -0.25) is 9.24 Å². The maximum Gasteiger partial charge on any atom is 0.235 e. The fourth-order valence-corrected chi connectivity index (χ4v) is 8.09. The molecule has 0 saturated carbocycles. The molecule has 1 aliphatic heterocycles. The molecule has 4 heteroatoms. The van der Waals surface area contributed by atoms with Crippen molar-refractivity contribution in [1.82, 2.24) is 0 Å². The number of hydrogen-bond donors (Lipinski definition) is 0. The maximum absolute atomic E-state index is 15.1. The Kier molecular flexibility index (Phi) is 4.35. The predicted molar refractivity (Wildman–Crippen MR) is 119 cm³/mol. The Morgan fingerprint density at radius 3 is 1.93 bits per heavy atom. The van der Waals surface area contributed by atoms with Crippen molar-refractivity contribution in [1.29, 1.82) is 0 Å². The second-order valence-electron chi connectivity index (χ2n) is 6.60. The van der Waals surface area contributed by atoms with E-state index in [0.717, 1.165) is 31.8 Å². The molecular formula is C24H18NOPS. The number of benzene rings is 4. The molecule has 0 amide bonds. The number of nitrogens with zero attached hydrogens (tertiary/aromatic N) is 1. The van der Waals surface area contributed by atoms with Crippen molar-refractivity contribution in [2.75, 3.05) is 4.67 Å². The molecule has 2 nitrogen and oxygen atoms in total. The van der Waals surface area contributed by atoms with Crippen LogP contribution in [-0.4, -0.2) is 0 Å². The molecular weight excluding hydrogens is 381 g/mol. The first kappa shape index (κ1) is 17.4. The predicted octanol–water partition coefficient (Wildman–Crippen LogP) is 6.22. The minimum absolute atomic E-state index is 0.837. The van der Waals surface area contributed by atoms with Gasteiger partial charge in [-0.15, -0.1) is 0 Å². The summed E-state index contributed by atoms with van der Waals surface area (Å²) in [4.78, 5) is 2.15. The van der Waals surface area contributed by atoms with Crippen LogP contribution in [0.3, 0.4) is 0 Å². The quantitative estimate of drug-likeness (QED) is 0.373. The van der Waals surface area contributed by atoms with Gasteiger partial charge < -0.3 is 0 Å². The molecule has 0 aliphatic carbocycles. The van der Waals surface area contributed by atoms with E-state index in [1.807, 2.05) is 91.0 Å². The van der Waals surface area contributed by atoms with Crippen molar-refractivity contribution in [3.63, 3.8) is 0 Å². The Balaban J connectivity index is 1.91. The van der Waals surface area contributed by atoms with Gasteiger partial charge in [0, 0.05) is 26.1 Å². The number of fused-ring (bicyclic) bond motifs is 2. The number of para-hydroxylation sites is 2. The van der Waals surface area contributed by atoms with Crippen molar-refractivity contribution >= 4 is 41.0 Å². The first-order valence-corrected chi connectivity index (χ1v) is 11.6. The van der Waals surface area contributed by atoms with E-state index >= 15 is 4.57 Å². The molecule has 0 aromatic heterocycles. The molecule has 0 spiro atoms. The summed E-state index contributed by atoms with van der Waals surface area (Å²) in [6.45, 7) is 0. The molecule has 1 aliphatic rings. The third-order valence-electron chi connectivity index (χ3n) is 4.89. The Labute approximate surface area is 169 Å². The van der Waals surface area contributed by atoms with Crippen LogP contribution in [0.1, 0.15) is 0 Å². The van der Waals surface area contributed by atoms with E-state index < -0.39 is 7.29 Å². The molecule has 1 unspecified atom stereocenters. The highest BCUT2D eigenvalue weighted by Crippen LogP contribution is 2.60. The average Bonchev–Trinajstić information content (AvgIpc) is 2.88. The van der Waals surface area contributed by atoms with Crippen LogP contribution >= 0.6 is 19.1 Å². The molecule has 0 radical (unpaired) electrons. The molecule has 0 N–H and O–H groups in total. The number of rotatable bonds is 2. The molecule has 4 aromatic rings. The van der Waals surface area contributed by atoms with Crippen molar-refractivity contribution in [3.05, 3.63) is 109 Å². The first-order valence-electron chi connectivity index (χ1n) is 9.16. The van der Waals surface area contributed by atoms with Gasteiger partial charge in [-0.1, -0.05) is 72.4 Å². The molecule has 5 rings (SSSR count). The van der Waals surface area contributed by atoms with Crippen LogP contribution in [-0.2, 0) is 4.57 Å². The van der Waals surface area contributed by atoms with E-state index in [-0.39, 0.29) is 0 Å². The van der Waals surface area contributed by atoms with Crippen LogP contribution in [0.2, 0.25) is 0 Å². The summed E-state index contributed by atoms with van der Waals surface area (Å²) in [6, 6.07) is 36.2. The second kappa shape index (κ2) is 7.01. The Morgan fingerprint density at radius 1 is 0.607 bits per heavy atom. The van der Waals surface area contributed by atoms with E-state index in [1.54, 1.807) is 11.8 Å². The van der Waals surface area contributed by atoms with E-state index in [2.05, 4.69) is 22.9 Å². The highest BCUT2D eigenvalue weighted by atomic mass is 32.2. The van der Waals surface area contributed by atoms with Gasteiger partial charge in [0.15, 0.2) is 0 Å². The van der Waals surface area contributed by atoms with Gasteiger partial charge in [-0.25, -0.2) is 0 Å². The minimum atomic E-state index is -3.15. The second-order valence-corrected chi connectivity index (χ2v) is 10.2. The average molecular weight is 399 g/mol. The van der Waals surface area contributed by atoms with Crippen LogP contribution in [0.5, 0.6) is 0 Å². The van der Waals surface area contributed by atoms with E-state index in [4.69, 9.17) is 0 Å². The molecule has 136 valence electrons. The molecule has 28 heavy (non-hydrogen) atoms. The molecule has 0 fully saturated rings. The molecule has 4 aromatic carbocycles. The van der Waals surface area contributed by atoms with Gasteiger partial charge >= 0.3 is 0 Å². The summed E-state index contributed by atoms with van der Waals surface area (Å²) in [5, 5.41) is 1.72. The van der Waals surface area contributed by atoms with E-state index in [1.165, 1.54) is 0 Å². The highest BCUT2D eigenvalue weighted by Gasteiger charge is 2.40. The molecule has 1 heterocycles. The number of anilines is 2. The van der Waals surface area contributed by atoms with Crippen molar-refractivity contribution < 1.29 is 4.57 Å². The topological polar surface area (TPSA) is 20.3 Å². The lowest BCUT2D eigenvalue weighted by Crippen LogP contribution is -2.29. The summed E-state index contributed by atoms with van der Waals surface area (Å²) in [7, 11) is -3.15. The minimum Gasteiger partial charge on any atom is -0.289 e. The van der Waals surface area contributed by atoms with Crippen molar-refractivity contribution in [2.24, 2.45) is 0 Å². The zero-order chi connectivity index (χ0) is 19.0.